The number of carbonyl (C=O) groups is 4. The fourth-order valence-corrected chi connectivity index (χ4v) is 9.48. The largest absolute Gasteiger partial charge is 0.483 e. The van der Waals surface area contributed by atoms with Crippen LogP contribution in [0.3, 0.4) is 0 Å². The molecule has 0 radical (unpaired) electrons. The third-order valence-electron chi connectivity index (χ3n) is 12.0. The first kappa shape index (κ1) is 38.4. The van der Waals surface area contributed by atoms with E-state index >= 15 is 0 Å². The van der Waals surface area contributed by atoms with Crippen LogP contribution in [0, 0.1) is 6.92 Å². The lowest BCUT2D eigenvalue weighted by Crippen LogP contribution is -2.62. The van der Waals surface area contributed by atoms with Crippen LogP contribution in [0.25, 0.3) is 10.9 Å². The second kappa shape index (κ2) is 14.6. The Bertz CT molecular complexity index is 2000. The van der Waals surface area contributed by atoms with Crippen molar-refractivity contribution in [2.75, 3.05) is 6.54 Å². The molecule has 13 nitrogen and oxygen atoms in total. The van der Waals surface area contributed by atoms with Gasteiger partial charge >= 0.3 is 6.09 Å². The molecule has 5 aliphatic rings. The molecule has 0 unspecified atom stereocenters. The molecule has 2 saturated carbocycles. The van der Waals surface area contributed by atoms with Crippen LogP contribution >= 0.6 is 11.6 Å². The van der Waals surface area contributed by atoms with Gasteiger partial charge in [0.25, 0.3) is 5.91 Å². The maximum absolute atomic E-state index is 14.7. The zero-order chi connectivity index (χ0) is 38.5. The molecule has 4 atom stereocenters. The molecule has 3 N–H and O–H groups in total. The highest BCUT2D eigenvalue weighted by Crippen LogP contribution is 2.45. The number of alkyl carbamates (subject to hydrolysis) is 1. The molecule has 15 heteroatoms. The van der Waals surface area contributed by atoms with Crippen molar-refractivity contribution in [2.45, 2.75) is 145 Å². The Labute approximate surface area is 321 Å². The Kier molecular flexibility index (Phi) is 10.4. The van der Waals surface area contributed by atoms with Gasteiger partial charge in [-0.05, 0) is 110 Å². The molecule has 1 aromatic carbocycles. The number of aryl methyl sites for hydroxylation is 2. The second-order valence-electron chi connectivity index (χ2n) is 16.3. The highest BCUT2D eigenvalue weighted by atomic mass is 35.5. The Morgan fingerprint density at radius 1 is 1.06 bits per heavy atom. The van der Waals surface area contributed by atoms with Gasteiger partial charge in [0.15, 0.2) is 0 Å². The summed E-state index contributed by atoms with van der Waals surface area (Å²) in [6.45, 7) is 5.00. The van der Waals surface area contributed by atoms with Gasteiger partial charge in [0, 0.05) is 22.4 Å². The van der Waals surface area contributed by atoms with Gasteiger partial charge in [-0.1, -0.05) is 36.6 Å². The van der Waals surface area contributed by atoms with Crippen molar-refractivity contribution in [2.24, 2.45) is 0 Å². The Morgan fingerprint density at radius 3 is 2.56 bits per heavy atom. The molecule has 4 heterocycles. The first-order valence-electron chi connectivity index (χ1n) is 19.2. The molecule has 1 spiro atoms. The van der Waals surface area contributed by atoms with Crippen molar-refractivity contribution in [3.8, 4) is 5.75 Å². The smallest absolute Gasteiger partial charge is 0.408 e. The van der Waals surface area contributed by atoms with Gasteiger partial charge < -0.3 is 25.0 Å². The fraction of sp³-hybridized carbons (Fsp3) is 0.615. The Balaban J connectivity index is 1.22. The molecule has 0 bridgehead atoms. The minimum atomic E-state index is -4.01. The summed E-state index contributed by atoms with van der Waals surface area (Å²) >= 11 is 6.38. The highest BCUT2D eigenvalue weighted by molar-refractivity contribution is 7.91. The molecule has 3 fully saturated rings. The molecule has 292 valence electrons. The molecule has 7 rings (SSSR count). The van der Waals surface area contributed by atoms with Crippen molar-refractivity contribution in [1.29, 1.82) is 0 Å². The minimum absolute atomic E-state index is 0.0319. The number of rotatable bonds is 5. The van der Waals surface area contributed by atoms with E-state index in [0.29, 0.717) is 61.4 Å². The number of allylic oxidation sites excluding steroid dienone is 1. The molecule has 2 aliphatic carbocycles. The van der Waals surface area contributed by atoms with E-state index in [9.17, 15) is 27.6 Å². The summed E-state index contributed by atoms with van der Waals surface area (Å²) in [5.41, 5.74) is -0.256. The number of hydrogen-bond acceptors (Lipinski definition) is 9. The topological polar surface area (TPSA) is 173 Å². The number of hydrogen-bond donors (Lipinski definition) is 3. The van der Waals surface area contributed by atoms with E-state index in [1.165, 1.54) is 11.8 Å². The number of aromatic nitrogens is 1. The number of sulfonamides is 1. The van der Waals surface area contributed by atoms with Gasteiger partial charge in [-0.25, -0.2) is 18.2 Å². The lowest BCUT2D eigenvalue weighted by atomic mass is 9.87. The SMILES string of the molecule is Cc1nc2ccc(Cl)cc2c2c1O[C@]1(CC2)C[C@H]2C(=O)N[C@@](C)(C(=O)NS(=O)(=O)C3(C)CC3)C/C=C\CCCCC[C@H](NC(=O)OC3CCC3)C(=O)N2C1. The van der Waals surface area contributed by atoms with Crippen molar-refractivity contribution in [1.82, 2.24) is 25.2 Å². The number of ether oxygens (including phenoxy) is 2. The first-order valence-corrected chi connectivity index (χ1v) is 21.1. The van der Waals surface area contributed by atoms with Crippen molar-refractivity contribution in [3.05, 3.63) is 46.6 Å². The third kappa shape index (κ3) is 7.65. The number of benzene rings is 1. The van der Waals surface area contributed by atoms with Gasteiger partial charge in [-0.2, -0.15) is 0 Å². The number of nitrogens with zero attached hydrogens (tertiary/aromatic N) is 2. The average Bonchev–Trinajstić information content (AvgIpc) is 3.77. The standard InChI is InChI=1S/C39H50ClN5O8S/c1-24-32-27(28-21-25(40)14-15-29(28)41-24)16-18-39(53-32)22-31-33(46)43-38(3,35(48)44-54(50,51)37(2)19-20-37)17-9-7-5-4-6-8-13-30(34(47)45(31)23-39)42-36(49)52-26-11-10-12-26/h7,9,14-15,21,26,30-31H,4-6,8,10-13,16-20,22-23H2,1-3H3,(H,42,49)(H,43,46)(H,44,48)/b9-7-/t30-,31-,38+,39+/m0/s1. The van der Waals surface area contributed by atoms with E-state index in [1.54, 1.807) is 19.1 Å². The monoisotopic (exact) mass is 783 g/mol. The van der Waals surface area contributed by atoms with Gasteiger partial charge in [-0.3, -0.25) is 19.1 Å². The van der Waals surface area contributed by atoms with E-state index in [4.69, 9.17) is 26.1 Å². The maximum atomic E-state index is 14.7. The van der Waals surface area contributed by atoms with Crippen LogP contribution in [0.15, 0.2) is 30.4 Å². The van der Waals surface area contributed by atoms with E-state index in [2.05, 4.69) is 15.4 Å². The number of halogens is 1. The molecule has 1 aromatic heterocycles. The van der Waals surface area contributed by atoms with Crippen molar-refractivity contribution < 1.29 is 37.1 Å². The molecule has 1 saturated heterocycles. The van der Waals surface area contributed by atoms with Crippen molar-refractivity contribution >= 4 is 56.3 Å². The average molecular weight is 784 g/mol. The van der Waals surface area contributed by atoms with Crippen molar-refractivity contribution in [3.63, 3.8) is 0 Å². The maximum Gasteiger partial charge on any atom is 0.408 e. The highest BCUT2D eigenvalue weighted by Gasteiger charge is 2.55. The Morgan fingerprint density at radius 2 is 1.83 bits per heavy atom. The molecule has 54 heavy (non-hydrogen) atoms. The van der Waals surface area contributed by atoms with Gasteiger partial charge in [0.2, 0.25) is 21.8 Å². The molecule has 4 amide bonds. The lowest BCUT2D eigenvalue weighted by Gasteiger charge is -2.36. The predicted octanol–water partition coefficient (Wildman–Crippen LogP) is 5.29. The van der Waals surface area contributed by atoms with Gasteiger partial charge in [0.05, 0.1) is 22.5 Å². The molecular weight excluding hydrogens is 734 g/mol. The summed E-state index contributed by atoms with van der Waals surface area (Å²) < 4.78 is 40.0. The Hall–Kier alpha value is -3.91. The zero-order valence-electron chi connectivity index (χ0n) is 31.2. The van der Waals surface area contributed by atoms with Crippen LogP contribution < -0.4 is 20.1 Å². The van der Waals surface area contributed by atoms with Crippen LogP contribution in [0.2, 0.25) is 5.02 Å². The minimum Gasteiger partial charge on any atom is -0.483 e. The van der Waals surface area contributed by atoms with E-state index in [1.807, 2.05) is 25.1 Å². The summed E-state index contributed by atoms with van der Waals surface area (Å²) in [4.78, 5) is 62.5. The van der Waals surface area contributed by atoms with E-state index < -0.39 is 61.8 Å². The summed E-state index contributed by atoms with van der Waals surface area (Å²) in [7, 11) is -4.01. The molecule has 3 aliphatic heterocycles. The quantitative estimate of drug-likeness (QED) is 0.341. The number of amides is 4. The fourth-order valence-electron chi connectivity index (χ4n) is 7.95. The number of carbonyl (C=O) groups excluding carboxylic acids is 4. The number of pyridine rings is 1. The lowest BCUT2D eigenvalue weighted by molar-refractivity contribution is -0.142. The van der Waals surface area contributed by atoms with Crippen LogP contribution in [0.5, 0.6) is 5.75 Å². The number of nitrogens with one attached hydrogen (secondary N) is 3. The molecular formula is C39H50ClN5O8S. The van der Waals surface area contributed by atoms with E-state index in [-0.39, 0.29) is 25.5 Å². The second-order valence-corrected chi connectivity index (χ2v) is 18.9. The summed E-state index contributed by atoms with van der Waals surface area (Å²) in [6.07, 6.45) is 10.7. The van der Waals surface area contributed by atoms with Gasteiger partial charge in [-0.15, -0.1) is 0 Å². The molecule has 2 aromatic rings. The predicted molar refractivity (Wildman–Crippen MR) is 202 cm³/mol. The van der Waals surface area contributed by atoms with Crippen LogP contribution in [0.4, 0.5) is 4.79 Å². The zero-order valence-corrected chi connectivity index (χ0v) is 32.7. The summed E-state index contributed by atoms with van der Waals surface area (Å²) in [5, 5.41) is 7.13. The van der Waals surface area contributed by atoms with Crippen LogP contribution in [0.1, 0.15) is 109 Å². The summed E-state index contributed by atoms with van der Waals surface area (Å²) in [6, 6.07) is 3.45. The van der Waals surface area contributed by atoms with Crippen LogP contribution in [-0.2, 0) is 35.6 Å². The van der Waals surface area contributed by atoms with Gasteiger partial charge in [0.1, 0.15) is 35.1 Å². The normalized spacial score (nSPS) is 29.4. The third-order valence-corrected chi connectivity index (χ3v) is 14.4. The first-order chi connectivity index (χ1) is 25.6. The summed E-state index contributed by atoms with van der Waals surface area (Å²) in [5.74, 6) is -1.34. The number of fused-ring (bicyclic) bond motifs is 4. The van der Waals surface area contributed by atoms with Crippen LogP contribution in [-0.4, -0.2) is 82.7 Å². The van der Waals surface area contributed by atoms with E-state index in [0.717, 1.165) is 48.6 Å².